The molecule has 96 valence electrons. The summed E-state index contributed by atoms with van der Waals surface area (Å²) in [6.07, 6.45) is -2.49. The molecule has 2 N–H and O–H groups in total. The van der Waals surface area contributed by atoms with Gasteiger partial charge in [-0.15, -0.1) is 0 Å². The first kappa shape index (κ1) is 13.8. The maximum Gasteiger partial charge on any atom is 0.406 e. The Morgan fingerprint density at radius 2 is 1.69 bits per heavy atom. The Kier molecular flexibility index (Phi) is 3.90. The SMILES string of the molecule is CCC(CC)(CO)CNC1(C(F)(F)F)CC1. The highest BCUT2D eigenvalue weighted by atomic mass is 19.4. The second kappa shape index (κ2) is 4.53. The van der Waals surface area contributed by atoms with Crippen LogP contribution in [0, 0.1) is 5.41 Å². The lowest BCUT2D eigenvalue weighted by molar-refractivity contribution is -0.167. The van der Waals surface area contributed by atoms with Crippen LogP contribution in [0.1, 0.15) is 39.5 Å². The topological polar surface area (TPSA) is 32.3 Å². The van der Waals surface area contributed by atoms with Gasteiger partial charge in [-0.3, -0.25) is 0 Å². The second-order valence-corrected chi connectivity index (χ2v) is 4.80. The zero-order valence-corrected chi connectivity index (χ0v) is 9.82. The summed E-state index contributed by atoms with van der Waals surface area (Å²) >= 11 is 0. The van der Waals surface area contributed by atoms with Crippen LogP contribution in [0.2, 0.25) is 0 Å². The van der Waals surface area contributed by atoms with Crippen LogP contribution in [-0.2, 0) is 0 Å². The van der Waals surface area contributed by atoms with Crippen molar-refractivity contribution in [3.8, 4) is 0 Å². The van der Waals surface area contributed by atoms with Crippen molar-refractivity contribution in [2.45, 2.75) is 51.2 Å². The average molecular weight is 239 g/mol. The lowest BCUT2D eigenvalue weighted by atomic mass is 9.83. The molecule has 1 fully saturated rings. The summed E-state index contributed by atoms with van der Waals surface area (Å²) in [6, 6.07) is 0. The van der Waals surface area contributed by atoms with Crippen molar-refractivity contribution in [1.82, 2.24) is 5.32 Å². The van der Waals surface area contributed by atoms with E-state index >= 15 is 0 Å². The molecular weight excluding hydrogens is 219 g/mol. The molecule has 2 nitrogen and oxygen atoms in total. The molecule has 0 aromatic heterocycles. The summed E-state index contributed by atoms with van der Waals surface area (Å²) in [6.45, 7) is 3.96. The van der Waals surface area contributed by atoms with E-state index in [0.717, 1.165) is 0 Å². The van der Waals surface area contributed by atoms with E-state index in [4.69, 9.17) is 0 Å². The maximum absolute atomic E-state index is 12.7. The minimum absolute atomic E-state index is 0.0685. The molecular formula is C11H20F3NO. The second-order valence-electron chi connectivity index (χ2n) is 4.80. The van der Waals surface area contributed by atoms with Crippen molar-refractivity contribution >= 4 is 0 Å². The van der Waals surface area contributed by atoms with Crippen LogP contribution in [0.25, 0.3) is 0 Å². The molecule has 0 radical (unpaired) electrons. The van der Waals surface area contributed by atoms with Gasteiger partial charge >= 0.3 is 6.18 Å². The first-order valence-corrected chi connectivity index (χ1v) is 5.77. The van der Waals surface area contributed by atoms with Crippen molar-refractivity contribution in [2.24, 2.45) is 5.41 Å². The van der Waals surface area contributed by atoms with Gasteiger partial charge in [-0.25, -0.2) is 0 Å². The van der Waals surface area contributed by atoms with Crippen molar-refractivity contribution in [2.75, 3.05) is 13.2 Å². The largest absolute Gasteiger partial charge is 0.406 e. The van der Waals surface area contributed by atoms with E-state index in [-0.39, 0.29) is 26.0 Å². The molecule has 16 heavy (non-hydrogen) atoms. The normalized spacial score (nSPS) is 19.9. The minimum atomic E-state index is -4.17. The van der Waals surface area contributed by atoms with Gasteiger partial charge in [0.25, 0.3) is 0 Å². The fourth-order valence-electron chi connectivity index (χ4n) is 1.82. The summed E-state index contributed by atoms with van der Waals surface area (Å²) in [5.74, 6) is 0. The average Bonchev–Trinajstić information content (AvgIpc) is 3.01. The van der Waals surface area contributed by atoms with Gasteiger partial charge in [0.05, 0.1) is 0 Å². The van der Waals surface area contributed by atoms with E-state index in [2.05, 4.69) is 5.32 Å². The van der Waals surface area contributed by atoms with Crippen molar-refractivity contribution < 1.29 is 18.3 Å². The molecule has 0 amide bonds. The molecule has 0 unspecified atom stereocenters. The summed E-state index contributed by atoms with van der Waals surface area (Å²) in [5.41, 5.74) is -2.08. The highest BCUT2D eigenvalue weighted by molar-refractivity contribution is 5.08. The van der Waals surface area contributed by atoms with Crippen LogP contribution in [0.15, 0.2) is 0 Å². The number of nitrogens with one attached hydrogen (secondary N) is 1. The molecule has 0 aromatic carbocycles. The Hall–Kier alpha value is -0.290. The van der Waals surface area contributed by atoms with Gasteiger partial charge in [0.15, 0.2) is 0 Å². The van der Waals surface area contributed by atoms with E-state index in [1.807, 2.05) is 13.8 Å². The van der Waals surface area contributed by atoms with Crippen LogP contribution < -0.4 is 5.32 Å². The fraction of sp³-hybridized carbons (Fsp3) is 1.00. The molecule has 5 heteroatoms. The molecule has 0 bridgehead atoms. The van der Waals surface area contributed by atoms with Gasteiger partial charge in [0.2, 0.25) is 0 Å². The third-order valence-electron chi connectivity index (χ3n) is 3.93. The molecule has 1 rings (SSSR count). The summed E-state index contributed by atoms with van der Waals surface area (Å²) < 4.78 is 38.0. The van der Waals surface area contributed by atoms with Gasteiger partial charge in [-0.1, -0.05) is 13.8 Å². The predicted molar refractivity (Wildman–Crippen MR) is 56.1 cm³/mol. The third kappa shape index (κ3) is 2.51. The van der Waals surface area contributed by atoms with Gasteiger partial charge < -0.3 is 10.4 Å². The lowest BCUT2D eigenvalue weighted by Gasteiger charge is -2.32. The Labute approximate surface area is 94.2 Å². The number of alkyl halides is 3. The number of halogens is 3. The lowest BCUT2D eigenvalue weighted by Crippen LogP contribution is -2.50. The number of aliphatic hydroxyl groups excluding tert-OH is 1. The van der Waals surface area contributed by atoms with Gasteiger partial charge in [0, 0.05) is 18.6 Å². The standard InChI is InChI=1S/C11H20F3NO/c1-3-9(4-2,8-16)7-15-10(5-6-10)11(12,13)14/h15-16H,3-8H2,1-2H3. The van der Waals surface area contributed by atoms with Crippen LogP contribution in [0.4, 0.5) is 13.2 Å². The molecule has 0 aliphatic heterocycles. The Morgan fingerprint density at radius 3 is 1.94 bits per heavy atom. The van der Waals surface area contributed by atoms with Gasteiger partial charge in [0.1, 0.15) is 5.54 Å². The molecule has 1 aliphatic carbocycles. The number of aliphatic hydroxyl groups is 1. The zero-order chi connectivity index (χ0) is 12.4. The monoisotopic (exact) mass is 239 g/mol. The van der Waals surface area contributed by atoms with E-state index < -0.39 is 17.1 Å². The van der Waals surface area contributed by atoms with Gasteiger partial charge in [-0.05, 0) is 25.7 Å². The van der Waals surface area contributed by atoms with Crippen LogP contribution in [0.5, 0.6) is 0 Å². The molecule has 0 aromatic rings. The Bertz CT molecular complexity index is 222. The molecule has 1 saturated carbocycles. The molecule has 0 atom stereocenters. The van der Waals surface area contributed by atoms with E-state index in [1.54, 1.807) is 0 Å². The van der Waals surface area contributed by atoms with Crippen LogP contribution in [0.3, 0.4) is 0 Å². The van der Waals surface area contributed by atoms with E-state index in [0.29, 0.717) is 12.8 Å². The smallest absolute Gasteiger partial charge is 0.396 e. The maximum atomic E-state index is 12.7. The minimum Gasteiger partial charge on any atom is -0.396 e. The molecule has 0 saturated heterocycles. The van der Waals surface area contributed by atoms with E-state index in [9.17, 15) is 18.3 Å². The highest BCUT2D eigenvalue weighted by Crippen LogP contribution is 2.49. The van der Waals surface area contributed by atoms with Crippen molar-refractivity contribution in [1.29, 1.82) is 0 Å². The Morgan fingerprint density at radius 1 is 1.19 bits per heavy atom. The van der Waals surface area contributed by atoms with Crippen LogP contribution >= 0.6 is 0 Å². The first-order chi connectivity index (χ1) is 7.35. The molecule has 1 aliphatic rings. The quantitative estimate of drug-likeness (QED) is 0.746. The summed E-state index contributed by atoms with van der Waals surface area (Å²) in [5, 5.41) is 11.9. The molecule has 0 spiro atoms. The first-order valence-electron chi connectivity index (χ1n) is 5.77. The summed E-state index contributed by atoms with van der Waals surface area (Å²) in [7, 11) is 0. The molecule has 0 heterocycles. The van der Waals surface area contributed by atoms with E-state index in [1.165, 1.54) is 0 Å². The van der Waals surface area contributed by atoms with Crippen LogP contribution in [-0.4, -0.2) is 30.0 Å². The predicted octanol–water partition coefficient (Wildman–Crippen LogP) is 2.47. The highest BCUT2D eigenvalue weighted by Gasteiger charge is 2.63. The van der Waals surface area contributed by atoms with Crippen molar-refractivity contribution in [3.05, 3.63) is 0 Å². The Balaban J connectivity index is 2.57. The van der Waals surface area contributed by atoms with Crippen molar-refractivity contribution in [3.63, 3.8) is 0 Å². The number of hydrogen-bond acceptors (Lipinski definition) is 2. The zero-order valence-electron chi connectivity index (χ0n) is 9.82. The third-order valence-corrected chi connectivity index (χ3v) is 3.93. The summed E-state index contributed by atoms with van der Waals surface area (Å²) in [4.78, 5) is 0. The fourth-order valence-corrected chi connectivity index (χ4v) is 1.82. The number of hydrogen-bond donors (Lipinski definition) is 2. The van der Waals surface area contributed by atoms with Gasteiger partial charge in [-0.2, -0.15) is 13.2 Å². The number of rotatable bonds is 6.